The maximum atomic E-state index is 5.86. The molecule has 1 saturated heterocycles. The normalized spacial score (nSPS) is 24.6. The maximum absolute atomic E-state index is 5.86. The summed E-state index contributed by atoms with van der Waals surface area (Å²) in [5.41, 5.74) is 9.64. The number of likely N-dealkylation sites (N-methyl/N-ethyl adjacent to an activating group) is 1. The molecule has 3 rings (SSSR count). The molecule has 2 N–H and O–H groups in total. The van der Waals surface area contributed by atoms with E-state index in [1.165, 1.54) is 43.6 Å². The molecule has 0 amide bonds. The standard InChI is InChI=1S/C15H23N3/c1-2-18-7-3-4-15(18)11-17-9-12-5-6-14(16)8-13(12)10-17/h5-6,8,15H,2-4,7,9-11,16H2,1H3. The van der Waals surface area contributed by atoms with Gasteiger partial charge in [0.2, 0.25) is 0 Å². The first kappa shape index (κ1) is 12.0. The average molecular weight is 245 g/mol. The van der Waals surface area contributed by atoms with Gasteiger partial charge in [-0.1, -0.05) is 13.0 Å². The summed E-state index contributed by atoms with van der Waals surface area (Å²) < 4.78 is 0. The number of rotatable bonds is 3. The molecule has 1 unspecified atom stereocenters. The third kappa shape index (κ3) is 2.25. The van der Waals surface area contributed by atoms with E-state index < -0.39 is 0 Å². The monoisotopic (exact) mass is 245 g/mol. The van der Waals surface area contributed by atoms with Crippen molar-refractivity contribution in [1.29, 1.82) is 0 Å². The van der Waals surface area contributed by atoms with Crippen LogP contribution in [-0.4, -0.2) is 35.5 Å². The van der Waals surface area contributed by atoms with Crippen LogP contribution in [0.3, 0.4) is 0 Å². The van der Waals surface area contributed by atoms with Gasteiger partial charge >= 0.3 is 0 Å². The van der Waals surface area contributed by atoms with Crippen LogP contribution in [0.2, 0.25) is 0 Å². The lowest BCUT2D eigenvalue weighted by molar-refractivity contribution is 0.177. The molecule has 0 bridgehead atoms. The Morgan fingerprint density at radius 1 is 1.28 bits per heavy atom. The third-order valence-corrected chi connectivity index (χ3v) is 4.39. The molecule has 18 heavy (non-hydrogen) atoms. The number of nitrogen functional groups attached to an aromatic ring is 1. The van der Waals surface area contributed by atoms with E-state index in [9.17, 15) is 0 Å². The van der Waals surface area contributed by atoms with Crippen molar-refractivity contribution in [1.82, 2.24) is 9.80 Å². The summed E-state index contributed by atoms with van der Waals surface area (Å²) in [5, 5.41) is 0. The minimum Gasteiger partial charge on any atom is -0.399 e. The second kappa shape index (κ2) is 4.90. The lowest BCUT2D eigenvalue weighted by Gasteiger charge is -2.27. The van der Waals surface area contributed by atoms with Crippen LogP contribution in [0.1, 0.15) is 30.9 Å². The fraction of sp³-hybridized carbons (Fsp3) is 0.600. The molecular formula is C15H23N3. The van der Waals surface area contributed by atoms with Gasteiger partial charge in [0.25, 0.3) is 0 Å². The fourth-order valence-electron chi connectivity index (χ4n) is 3.43. The molecule has 0 aromatic heterocycles. The number of hydrogen-bond donors (Lipinski definition) is 1. The lowest BCUT2D eigenvalue weighted by Crippen LogP contribution is -2.38. The van der Waals surface area contributed by atoms with Gasteiger partial charge in [0, 0.05) is 31.4 Å². The van der Waals surface area contributed by atoms with Gasteiger partial charge in [-0.25, -0.2) is 0 Å². The Morgan fingerprint density at radius 3 is 2.94 bits per heavy atom. The maximum Gasteiger partial charge on any atom is 0.0317 e. The number of fused-ring (bicyclic) bond motifs is 1. The van der Waals surface area contributed by atoms with E-state index >= 15 is 0 Å². The van der Waals surface area contributed by atoms with E-state index in [1.54, 1.807) is 0 Å². The molecule has 3 nitrogen and oxygen atoms in total. The molecule has 0 saturated carbocycles. The van der Waals surface area contributed by atoms with Crippen molar-refractivity contribution >= 4 is 5.69 Å². The summed E-state index contributed by atoms with van der Waals surface area (Å²) in [6.07, 6.45) is 2.73. The highest BCUT2D eigenvalue weighted by Gasteiger charge is 2.27. The van der Waals surface area contributed by atoms with E-state index in [4.69, 9.17) is 5.73 Å². The molecule has 0 aliphatic carbocycles. The number of benzene rings is 1. The predicted molar refractivity (Wildman–Crippen MR) is 75.2 cm³/mol. The van der Waals surface area contributed by atoms with E-state index in [0.717, 1.165) is 24.8 Å². The molecular weight excluding hydrogens is 222 g/mol. The molecule has 0 radical (unpaired) electrons. The van der Waals surface area contributed by atoms with Crippen LogP contribution in [0.15, 0.2) is 18.2 Å². The van der Waals surface area contributed by atoms with Crippen molar-refractivity contribution < 1.29 is 0 Å². The highest BCUT2D eigenvalue weighted by Crippen LogP contribution is 2.27. The van der Waals surface area contributed by atoms with Gasteiger partial charge in [0.05, 0.1) is 0 Å². The number of hydrogen-bond acceptors (Lipinski definition) is 3. The van der Waals surface area contributed by atoms with Crippen LogP contribution in [0, 0.1) is 0 Å². The summed E-state index contributed by atoms with van der Waals surface area (Å²) >= 11 is 0. The smallest absolute Gasteiger partial charge is 0.0317 e. The van der Waals surface area contributed by atoms with Gasteiger partial charge in [-0.05, 0) is 49.2 Å². The lowest BCUT2D eigenvalue weighted by atomic mass is 10.1. The molecule has 1 fully saturated rings. The fourth-order valence-corrected chi connectivity index (χ4v) is 3.43. The quantitative estimate of drug-likeness (QED) is 0.827. The summed E-state index contributed by atoms with van der Waals surface area (Å²) in [7, 11) is 0. The first-order valence-electron chi connectivity index (χ1n) is 7.10. The zero-order valence-corrected chi connectivity index (χ0v) is 11.2. The van der Waals surface area contributed by atoms with Crippen molar-refractivity contribution in [3.63, 3.8) is 0 Å². The largest absolute Gasteiger partial charge is 0.399 e. The topological polar surface area (TPSA) is 32.5 Å². The molecule has 1 atom stereocenters. The van der Waals surface area contributed by atoms with Gasteiger partial charge < -0.3 is 5.73 Å². The summed E-state index contributed by atoms with van der Waals surface area (Å²) in [6, 6.07) is 7.12. The average Bonchev–Trinajstić information content (AvgIpc) is 2.94. The molecule has 1 aromatic rings. The molecule has 2 aliphatic heterocycles. The second-order valence-electron chi connectivity index (χ2n) is 5.62. The van der Waals surface area contributed by atoms with E-state index in [0.29, 0.717) is 0 Å². The Bertz CT molecular complexity index is 430. The highest BCUT2D eigenvalue weighted by atomic mass is 15.2. The Labute approximate surface area is 110 Å². The molecule has 0 spiro atoms. The van der Waals surface area contributed by atoms with Crippen molar-refractivity contribution in [3.05, 3.63) is 29.3 Å². The van der Waals surface area contributed by atoms with Gasteiger partial charge in [0.1, 0.15) is 0 Å². The first-order chi connectivity index (χ1) is 8.76. The van der Waals surface area contributed by atoms with Crippen LogP contribution in [0.4, 0.5) is 5.69 Å². The van der Waals surface area contributed by atoms with Gasteiger partial charge in [-0.3, -0.25) is 9.80 Å². The molecule has 1 aromatic carbocycles. The third-order valence-electron chi connectivity index (χ3n) is 4.39. The van der Waals surface area contributed by atoms with Crippen molar-refractivity contribution in [2.24, 2.45) is 0 Å². The van der Waals surface area contributed by atoms with Crippen LogP contribution in [0.25, 0.3) is 0 Å². The van der Waals surface area contributed by atoms with Crippen molar-refractivity contribution in [3.8, 4) is 0 Å². The van der Waals surface area contributed by atoms with Gasteiger partial charge in [-0.15, -0.1) is 0 Å². The van der Waals surface area contributed by atoms with Gasteiger partial charge in [0.15, 0.2) is 0 Å². The molecule has 3 heteroatoms. The molecule has 98 valence electrons. The zero-order chi connectivity index (χ0) is 12.5. The predicted octanol–water partition coefficient (Wildman–Crippen LogP) is 2.07. The Morgan fingerprint density at radius 2 is 2.11 bits per heavy atom. The van der Waals surface area contributed by atoms with Crippen LogP contribution < -0.4 is 5.73 Å². The minimum atomic E-state index is 0.765. The minimum absolute atomic E-state index is 0.765. The number of anilines is 1. The summed E-state index contributed by atoms with van der Waals surface area (Å²) in [5.74, 6) is 0. The number of nitrogens with zero attached hydrogens (tertiary/aromatic N) is 2. The SMILES string of the molecule is CCN1CCCC1CN1Cc2ccc(N)cc2C1. The van der Waals surface area contributed by atoms with Crippen LogP contribution >= 0.6 is 0 Å². The molecule has 2 aliphatic rings. The Kier molecular flexibility index (Phi) is 3.27. The van der Waals surface area contributed by atoms with Gasteiger partial charge in [-0.2, -0.15) is 0 Å². The Hall–Kier alpha value is -1.06. The van der Waals surface area contributed by atoms with Crippen molar-refractivity contribution in [2.45, 2.75) is 38.9 Å². The number of likely N-dealkylation sites (tertiary alicyclic amines) is 1. The van der Waals surface area contributed by atoms with E-state index in [1.807, 2.05) is 6.07 Å². The highest BCUT2D eigenvalue weighted by molar-refractivity contribution is 5.46. The summed E-state index contributed by atoms with van der Waals surface area (Å²) in [4.78, 5) is 5.19. The van der Waals surface area contributed by atoms with Crippen molar-refractivity contribution in [2.75, 3.05) is 25.4 Å². The summed E-state index contributed by atoms with van der Waals surface area (Å²) in [6.45, 7) is 8.14. The van der Waals surface area contributed by atoms with E-state index in [2.05, 4.69) is 28.9 Å². The molecule has 2 heterocycles. The van der Waals surface area contributed by atoms with E-state index in [-0.39, 0.29) is 0 Å². The van der Waals surface area contributed by atoms with Crippen LogP contribution in [0.5, 0.6) is 0 Å². The second-order valence-corrected chi connectivity index (χ2v) is 5.62. The number of nitrogens with two attached hydrogens (primary N) is 1. The first-order valence-corrected chi connectivity index (χ1v) is 7.10. The Balaban J connectivity index is 1.64. The van der Waals surface area contributed by atoms with Crippen LogP contribution in [-0.2, 0) is 13.1 Å². The zero-order valence-electron chi connectivity index (χ0n) is 11.2.